The number of aliphatic hydroxyl groups is 1. The lowest BCUT2D eigenvalue weighted by Crippen LogP contribution is -2.48. The van der Waals surface area contributed by atoms with E-state index in [9.17, 15) is 5.11 Å². The first-order valence-electron chi connectivity index (χ1n) is 8.03. The SMILES string of the molecule is CC1(C(O)C2CCOC3(CCSCC3)C2)CCCC1. The third-order valence-corrected chi connectivity index (χ3v) is 6.83. The van der Waals surface area contributed by atoms with E-state index < -0.39 is 0 Å². The Labute approximate surface area is 121 Å². The number of rotatable bonds is 2. The molecule has 1 N–H and O–H groups in total. The minimum Gasteiger partial charge on any atom is -0.392 e. The molecular weight excluding hydrogens is 256 g/mol. The van der Waals surface area contributed by atoms with Crippen molar-refractivity contribution in [3.8, 4) is 0 Å². The van der Waals surface area contributed by atoms with E-state index in [0.29, 0.717) is 5.92 Å². The molecular formula is C16H28O2S. The lowest BCUT2D eigenvalue weighted by molar-refractivity contribution is -0.136. The molecule has 2 unspecified atom stereocenters. The summed E-state index contributed by atoms with van der Waals surface area (Å²) in [5, 5.41) is 10.9. The van der Waals surface area contributed by atoms with Crippen LogP contribution in [0.25, 0.3) is 0 Å². The molecule has 0 bridgehead atoms. The number of hydrogen-bond acceptors (Lipinski definition) is 3. The Balaban J connectivity index is 1.67. The van der Waals surface area contributed by atoms with Crippen LogP contribution in [0.5, 0.6) is 0 Å². The van der Waals surface area contributed by atoms with Crippen LogP contribution in [0, 0.1) is 11.3 Å². The molecule has 2 heterocycles. The summed E-state index contributed by atoms with van der Waals surface area (Å²) >= 11 is 2.05. The van der Waals surface area contributed by atoms with Gasteiger partial charge in [0.25, 0.3) is 0 Å². The maximum absolute atomic E-state index is 10.9. The average Bonchev–Trinajstić information content (AvgIpc) is 2.87. The van der Waals surface area contributed by atoms with Crippen molar-refractivity contribution in [2.75, 3.05) is 18.1 Å². The Morgan fingerprint density at radius 2 is 1.84 bits per heavy atom. The first-order chi connectivity index (χ1) is 9.14. The summed E-state index contributed by atoms with van der Waals surface area (Å²) < 4.78 is 6.16. The van der Waals surface area contributed by atoms with Gasteiger partial charge in [0, 0.05) is 6.61 Å². The molecule has 1 aliphatic carbocycles. The van der Waals surface area contributed by atoms with E-state index in [1.165, 1.54) is 50.0 Å². The van der Waals surface area contributed by atoms with Gasteiger partial charge in [-0.25, -0.2) is 0 Å². The fraction of sp³-hybridized carbons (Fsp3) is 1.00. The zero-order valence-corrected chi connectivity index (χ0v) is 13.0. The van der Waals surface area contributed by atoms with Crippen LogP contribution in [0.2, 0.25) is 0 Å². The molecule has 3 fully saturated rings. The Bertz CT molecular complexity index is 300. The van der Waals surface area contributed by atoms with Crippen LogP contribution in [0.15, 0.2) is 0 Å². The van der Waals surface area contributed by atoms with Gasteiger partial charge in [0.15, 0.2) is 0 Å². The first-order valence-corrected chi connectivity index (χ1v) is 9.19. The zero-order valence-electron chi connectivity index (χ0n) is 12.2. The van der Waals surface area contributed by atoms with E-state index in [-0.39, 0.29) is 17.1 Å². The Morgan fingerprint density at radius 1 is 1.16 bits per heavy atom. The molecule has 2 nitrogen and oxygen atoms in total. The van der Waals surface area contributed by atoms with Gasteiger partial charge < -0.3 is 9.84 Å². The zero-order chi connectivity index (χ0) is 13.3. The van der Waals surface area contributed by atoms with Crippen LogP contribution >= 0.6 is 11.8 Å². The Morgan fingerprint density at radius 3 is 2.53 bits per heavy atom. The number of aliphatic hydroxyl groups excluding tert-OH is 1. The van der Waals surface area contributed by atoms with Gasteiger partial charge in [-0.05, 0) is 61.4 Å². The third kappa shape index (κ3) is 2.84. The summed E-state index contributed by atoms with van der Waals surface area (Å²) in [7, 11) is 0. The van der Waals surface area contributed by atoms with E-state index in [2.05, 4.69) is 18.7 Å². The van der Waals surface area contributed by atoms with Gasteiger partial charge in [-0.15, -0.1) is 0 Å². The first kappa shape index (κ1) is 14.2. The van der Waals surface area contributed by atoms with Crippen molar-refractivity contribution in [1.82, 2.24) is 0 Å². The fourth-order valence-electron chi connectivity index (χ4n) is 4.47. The number of hydrogen-bond donors (Lipinski definition) is 1. The summed E-state index contributed by atoms with van der Waals surface area (Å²) in [6.45, 7) is 3.17. The highest BCUT2D eigenvalue weighted by Crippen LogP contribution is 2.48. The average molecular weight is 284 g/mol. The predicted molar refractivity (Wildman–Crippen MR) is 80.5 cm³/mol. The standard InChI is InChI=1S/C16H28O2S/c1-15(5-2-3-6-15)14(17)13-4-9-18-16(12-13)7-10-19-11-8-16/h13-14,17H,2-12H2,1H3. The second kappa shape index (κ2) is 5.57. The summed E-state index contributed by atoms with van der Waals surface area (Å²) in [4.78, 5) is 0. The summed E-state index contributed by atoms with van der Waals surface area (Å²) in [6, 6.07) is 0. The smallest absolute Gasteiger partial charge is 0.0701 e. The van der Waals surface area contributed by atoms with Crippen LogP contribution < -0.4 is 0 Å². The third-order valence-electron chi connectivity index (χ3n) is 5.84. The van der Waals surface area contributed by atoms with Crippen LogP contribution in [0.4, 0.5) is 0 Å². The molecule has 3 rings (SSSR count). The summed E-state index contributed by atoms with van der Waals surface area (Å²) in [6.07, 6.45) is 9.48. The lowest BCUT2D eigenvalue weighted by atomic mass is 9.70. The van der Waals surface area contributed by atoms with Crippen molar-refractivity contribution in [2.45, 2.75) is 70.0 Å². The van der Waals surface area contributed by atoms with E-state index in [1.807, 2.05) is 0 Å². The molecule has 0 aromatic heterocycles. The molecule has 2 atom stereocenters. The molecule has 0 aromatic carbocycles. The topological polar surface area (TPSA) is 29.5 Å². The summed E-state index contributed by atoms with van der Waals surface area (Å²) in [5.74, 6) is 2.94. The second-order valence-electron chi connectivity index (χ2n) is 7.20. The van der Waals surface area contributed by atoms with Gasteiger partial charge in [-0.2, -0.15) is 11.8 Å². The molecule has 0 radical (unpaired) electrons. The van der Waals surface area contributed by atoms with Gasteiger partial charge in [0.2, 0.25) is 0 Å². The molecule has 1 saturated carbocycles. The highest BCUT2D eigenvalue weighted by atomic mass is 32.2. The van der Waals surface area contributed by atoms with E-state index in [1.54, 1.807) is 0 Å². The molecule has 19 heavy (non-hydrogen) atoms. The number of ether oxygens (including phenoxy) is 1. The highest BCUT2D eigenvalue weighted by Gasteiger charge is 2.46. The van der Waals surface area contributed by atoms with Gasteiger partial charge in [-0.1, -0.05) is 19.8 Å². The quantitative estimate of drug-likeness (QED) is 0.840. The molecule has 2 aliphatic heterocycles. The van der Waals surface area contributed by atoms with Crippen molar-refractivity contribution >= 4 is 11.8 Å². The molecule has 0 aromatic rings. The molecule has 3 aliphatic rings. The van der Waals surface area contributed by atoms with Crippen molar-refractivity contribution in [2.24, 2.45) is 11.3 Å². The van der Waals surface area contributed by atoms with Crippen LogP contribution in [-0.2, 0) is 4.74 Å². The van der Waals surface area contributed by atoms with E-state index in [0.717, 1.165) is 19.4 Å². The largest absolute Gasteiger partial charge is 0.392 e. The van der Waals surface area contributed by atoms with Crippen molar-refractivity contribution in [1.29, 1.82) is 0 Å². The lowest BCUT2D eigenvalue weighted by Gasteiger charge is -2.47. The fourth-order valence-corrected chi connectivity index (χ4v) is 5.71. The molecule has 1 spiro atoms. The van der Waals surface area contributed by atoms with Gasteiger partial charge >= 0.3 is 0 Å². The van der Waals surface area contributed by atoms with Crippen molar-refractivity contribution < 1.29 is 9.84 Å². The molecule has 0 amide bonds. The van der Waals surface area contributed by atoms with Crippen LogP contribution in [-0.4, -0.2) is 34.9 Å². The van der Waals surface area contributed by atoms with Gasteiger partial charge in [0.1, 0.15) is 0 Å². The predicted octanol–water partition coefficient (Wildman–Crippen LogP) is 3.62. The maximum Gasteiger partial charge on any atom is 0.0701 e. The van der Waals surface area contributed by atoms with Crippen molar-refractivity contribution in [3.05, 3.63) is 0 Å². The van der Waals surface area contributed by atoms with Crippen molar-refractivity contribution in [3.63, 3.8) is 0 Å². The van der Waals surface area contributed by atoms with E-state index >= 15 is 0 Å². The minimum atomic E-state index is -0.106. The van der Waals surface area contributed by atoms with Crippen LogP contribution in [0.3, 0.4) is 0 Å². The second-order valence-corrected chi connectivity index (χ2v) is 8.43. The summed E-state index contributed by atoms with van der Waals surface area (Å²) in [5.41, 5.74) is 0.302. The van der Waals surface area contributed by atoms with Gasteiger partial charge in [0.05, 0.1) is 11.7 Å². The highest BCUT2D eigenvalue weighted by molar-refractivity contribution is 7.99. The van der Waals surface area contributed by atoms with Crippen LogP contribution in [0.1, 0.15) is 58.3 Å². The molecule has 3 heteroatoms. The van der Waals surface area contributed by atoms with Gasteiger partial charge in [-0.3, -0.25) is 0 Å². The Hall–Kier alpha value is 0.270. The monoisotopic (exact) mass is 284 g/mol. The normalized spacial score (nSPS) is 35.4. The minimum absolute atomic E-state index is 0.106. The molecule has 110 valence electrons. The maximum atomic E-state index is 10.9. The Kier molecular flexibility index (Phi) is 4.17. The van der Waals surface area contributed by atoms with E-state index in [4.69, 9.17) is 4.74 Å². The molecule has 2 saturated heterocycles. The number of thioether (sulfide) groups is 1.